The Morgan fingerprint density at radius 3 is 1.97 bits per heavy atom. The Hall–Kier alpha value is -2.46. The van der Waals surface area contributed by atoms with Gasteiger partial charge in [-0.3, -0.25) is 13.9 Å². The van der Waals surface area contributed by atoms with Gasteiger partial charge in [-0.1, -0.05) is 11.3 Å². The number of unbranched alkanes of at least 4 members (excludes halogenated alkanes) is 2. The average Bonchev–Trinajstić information content (AvgIpc) is 3.16. The number of aliphatic carboxylic acids is 1. The number of anilines is 1. The largest absolute Gasteiger partial charge is 0.481 e. The Morgan fingerprint density at radius 2 is 1.47 bits per heavy atom. The van der Waals surface area contributed by atoms with Gasteiger partial charge in [0.25, 0.3) is 20.2 Å². The first kappa shape index (κ1) is 27.8. The van der Waals surface area contributed by atoms with E-state index in [-0.39, 0.29) is 30.8 Å². The van der Waals surface area contributed by atoms with Gasteiger partial charge in [0.1, 0.15) is 0 Å². The van der Waals surface area contributed by atoms with Crippen LogP contribution in [0.2, 0.25) is 0 Å². The molecule has 0 aliphatic carbocycles. The number of hydrogen-bond acceptors (Lipinski definition) is 10. The number of aromatic nitrogens is 1. The third kappa shape index (κ3) is 11.6. The predicted molar refractivity (Wildman–Crippen MR) is 128 cm³/mol. The molecule has 1 aromatic carbocycles. The Labute approximate surface area is 201 Å². The van der Waals surface area contributed by atoms with E-state index < -0.39 is 26.2 Å². The molecule has 0 unspecified atom stereocenters. The standard InChI is InChI=1S/C19H26N4O8S3/c24-18(25)13-17-14-20-19(32-17)22-21-15-5-7-16(8-6-15)23(9-1-3-11-33(26,27)28)10-2-4-12-34(29,30)31/h5-8,14H,1-4,9-13H2,(H,24,25)(H,26,27,28)(H,29,30,31). The number of carboxylic acid groups (broad SMARTS) is 1. The minimum Gasteiger partial charge on any atom is -0.481 e. The second kappa shape index (κ2) is 12.9. The summed E-state index contributed by atoms with van der Waals surface area (Å²) in [4.78, 5) is 17.3. The van der Waals surface area contributed by atoms with Gasteiger partial charge in [0.2, 0.25) is 5.13 Å². The SMILES string of the molecule is O=C(O)Cc1cnc(N=Nc2ccc(N(CCCCS(=O)(=O)O)CCCCS(=O)(=O)O)cc2)s1. The summed E-state index contributed by atoms with van der Waals surface area (Å²) in [6.07, 6.45) is 2.82. The van der Waals surface area contributed by atoms with Crippen molar-refractivity contribution in [1.82, 2.24) is 4.98 Å². The molecule has 0 aliphatic rings. The van der Waals surface area contributed by atoms with Gasteiger partial charge in [-0.25, -0.2) is 4.98 Å². The summed E-state index contributed by atoms with van der Waals surface area (Å²) in [6.45, 7) is 0.960. The lowest BCUT2D eigenvalue weighted by molar-refractivity contribution is -0.136. The minimum atomic E-state index is -4.03. The number of carboxylic acids is 1. The predicted octanol–water partition coefficient (Wildman–Crippen LogP) is 3.33. The highest BCUT2D eigenvalue weighted by molar-refractivity contribution is 7.86. The zero-order valence-electron chi connectivity index (χ0n) is 18.1. The molecule has 15 heteroatoms. The number of benzene rings is 1. The molecule has 0 bridgehead atoms. The fourth-order valence-electron chi connectivity index (χ4n) is 2.95. The maximum Gasteiger partial charge on any atom is 0.308 e. The third-order valence-corrected chi connectivity index (χ3v) is 6.98. The Morgan fingerprint density at radius 1 is 0.912 bits per heavy atom. The number of thiazole rings is 1. The molecular formula is C19H26N4O8S3. The van der Waals surface area contributed by atoms with Crippen LogP contribution in [0.25, 0.3) is 0 Å². The Kier molecular flexibility index (Phi) is 10.5. The third-order valence-electron chi connectivity index (χ3n) is 4.49. The van der Waals surface area contributed by atoms with Crippen LogP contribution in [0.4, 0.5) is 16.5 Å². The van der Waals surface area contributed by atoms with Crippen LogP contribution in [0, 0.1) is 0 Å². The van der Waals surface area contributed by atoms with Gasteiger partial charge in [0.05, 0.1) is 23.6 Å². The van der Waals surface area contributed by atoms with E-state index in [4.69, 9.17) is 14.2 Å². The molecule has 2 rings (SSSR count). The van der Waals surface area contributed by atoms with Crippen molar-refractivity contribution in [2.75, 3.05) is 29.5 Å². The summed E-state index contributed by atoms with van der Waals surface area (Å²) in [5.74, 6) is -1.63. The molecule has 12 nitrogen and oxygen atoms in total. The second-order valence-corrected chi connectivity index (χ2v) is 11.6. The monoisotopic (exact) mass is 534 g/mol. The van der Waals surface area contributed by atoms with Crippen LogP contribution in [0.3, 0.4) is 0 Å². The van der Waals surface area contributed by atoms with Gasteiger partial charge >= 0.3 is 5.97 Å². The molecular weight excluding hydrogens is 508 g/mol. The van der Waals surface area contributed by atoms with Crippen molar-refractivity contribution in [3.63, 3.8) is 0 Å². The average molecular weight is 535 g/mol. The molecule has 0 saturated carbocycles. The lowest BCUT2D eigenvalue weighted by atomic mass is 10.2. The van der Waals surface area contributed by atoms with Crippen LogP contribution >= 0.6 is 11.3 Å². The molecule has 1 heterocycles. The van der Waals surface area contributed by atoms with Gasteiger partial charge < -0.3 is 10.0 Å². The molecule has 0 atom stereocenters. The number of rotatable bonds is 15. The van der Waals surface area contributed by atoms with Crippen LogP contribution in [0.15, 0.2) is 40.7 Å². The number of carbonyl (C=O) groups is 1. The van der Waals surface area contributed by atoms with Crippen LogP contribution in [-0.4, -0.2) is 66.6 Å². The summed E-state index contributed by atoms with van der Waals surface area (Å²) in [7, 11) is -8.07. The zero-order valence-corrected chi connectivity index (χ0v) is 20.6. The lowest BCUT2D eigenvalue weighted by Crippen LogP contribution is -2.26. The van der Waals surface area contributed by atoms with Gasteiger partial charge in [-0.05, 0) is 49.9 Å². The number of azo groups is 1. The topological polar surface area (TPSA) is 187 Å². The minimum absolute atomic E-state index is 0.133. The van der Waals surface area contributed by atoms with Crippen LogP contribution in [0.5, 0.6) is 0 Å². The van der Waals surface area contributed by atoms with E-state index in [1.165, 1.54) is 6.20 Å². The molecule has 3 N–H and O–H groups in total. The van der Waals surface area contributed by atoms with Crippen LogP contribution in [-0.2, 0) is 31.5 Å². The van der Waals surface area contributed by atoms with Crippen molar-refractivity contribution in [3.8, 4) is 0 Å². The van der Waals surface area contributed by atoms with E-state index >= 15 is 0 Å². The fraction of sp³-hybridized carbons (Fsp3) is 0.474. The van der Waals surface area contributed by atoms with Crippen molar-refractivity contribution in [1.29, 1.82) is 0 Å². The van der Waals surface area contributed by atoms with E-state index in [0.717, 1.165) is 17.0 Å². The van der Waals surface area contributed by atoms with Gasteiger partial charge in [-0.2, -0.15) is 16.8 Å². The molecule has 0 fully saturated rings. The van der Waals surface area contributed by atoms with Crippen molar-refractivity contribution >= 4 is 54.0 Å². The highest BCUT2D eigenvalue weighted by Gasteiger charge is 2.11. The van der Waals surface area contributed by atoms with E-state index in [0.29, 0.717) is 41.6 Å². The quantitative estimate of drug-likeness (QED) is 0.174. The first-order valence-corrected chi connectivity index (χ1v) is 14.3. The van der Waals surface area contributed by atoms with Crippen LogP contribution < -0.4 is 4.90 Å². The van der Waals surface area contributed by atoms with Crippen LogP contribution in [0.1, 0.15) is 30.6 Å². The fourth-order valence-corrected chi connectivity index (χ4v) is 4.81. The number of nitrogens with zero attached hydrogens (tertiary/aromatic N) is 4. The molecule has 0 amide bonds. The van der Waals surface area contributed by atoms with Crippen molar-refractivity contribution in [3.05, 3.63) is 35.3 Å². The molecule has 0 saturated heterocycles. The lowest BCUT2D eigenvalue weighted by Gasteiger charge is -2.25. The molecule has 0 aliphatic heterocycles. The molecule has 0 spiro atoms. The molecule has 34 heavy (non-hydrogen) atoms. The Bertz CT molecular complexity index is 1140. The zero-order chi connectivity index (χ0) is 25.2. The molecule has 0 radical (unpaired) electrons. The van der Waals surface area contributed by atoms with Gasteiger partial charge in [-0.15, -0.1) is 10.2 Å². The first-order valence-electron chi connectivity index (χ1n) is 10.2. The Balaban J connectivity index is 2.00. The van der Waals surface area contributed by atoms with E-state index in [1.807, 2.05) is 4.90 Å². The molecule has 1 aromatic heterocycles. The van der Waals surface area contributed by atoms with Crippen molar-refractivity contribution in [2.24, 2.45) is 10.2 Å². The normalized spacial score (nSPS) is 12.3. The summed E-state index contributed by atoms with van der Waals surface area (Å²) >= 11 is 1.13. The van der Waals surface area contributed by atoms with Crippen molar-refractivity contribution in [2.45, 2.75) is 32.1 Å². The van der Waals surface area contributed by atoms with E-state index in [9.17, 15) is 21.6 Å². The summed E-state index contributed by atoms with van der Waals surface area (Å²) in [5.41, 5.74) is 1.34. The maximum absolute atomic E-state index is 10.9. The van der Waals surface area contributed by atoms with E-state index in [1.54, 1.807) is 24.3 Å². The van der Waals surface area contributed by atoms with Gasteiger partial charge in [0, 0.05) is 29.9 Å². The van der Waals surface area contributed by atoms with Gasteiger partial charge in [0.15, 0.2) is 0 Å². The van der Waals surface area contributed by atoms with Crippen molar-refractivity contribution < 1.29 is 35.8 Å². The highest BCUT2D eigenvalue weighted by Crippen LogP contribution is 2.26. The van der Waals surface area contributed by atoms with E-state index in [2.05, 4.69) is 15.2 Å². The smallest absolute Gasteiger partial charge is 0.308 e. The summed E-state index contributed by atoms with van der Waals surface area (Å²) in [6, 6.07) is 7.01. The maximum atomic E-state index is 10.9. The number of hydrogen-bond donors (Lipinski definition) is 3. The molecule has 2 aromatic rings. The molecule has 188 valence electrons. The highest BCUT2D eigenvalue weighted by atomic mass is 32.2. The second-order valence-electron chi connectivity index (χ2n) is 7.37. The summed E-state index contributed by atoms with van der Waals surface area (Å²) in [5, 5.41) is 17.2. The first-order chi connectivity index (χ1) is 15.9. The summed E-state index contributed by atoms with van der Waals surface area (Å²) < 4.78 is 61.4.